The first-order chi connectivity index (χ1) is 19.9. The number of carbonyl (C=O) groups is 2. The highest BCUT2D eigenvalue weighted by molar-refractivity contribution is 5.81. The summed E-state index contributed by atoms with van der Waals surface area (Å²) in [5.74, 6) is 1.40. The third-order valence-corrected chi connectivity index (χ3v) is 6.72. The van der Waals surface area contributed by atoms with Gasteiger partial charge < -0.3 is 29.0 Å². The minimum atomic E-state index is -1.10. The summed E-state index contributed by atoms with van der Waals surface area (Å²) >= 11 is 0. The van der Waals surface area contributed by atoms with Crippen LogP contribution in [0, 0.1) is 0 Å². The molecule has 1 aliphatic carbocycles. The molecule has 0 bridgehead atoms. The molecule has 2 aromatic carbocycles. The molecule has 0 radical (unpaired) electrons. The highest BCUT2D eigenvalue weighted by Crippen LogP contribution is 2.24. The van der Waals surface area contributed by atoms with Gasteiger partial charge in [-0.15, -0.1) is 0 Å². The summed E-state index contributed by atoms with van der Waals surface area (Å²) in [6.07, 6.45) is 14.4. The zero-order chi connectivity index (χ0) is 29.0. The van der Waals surface area contributed by atoms with Crippen LogP contribution in [0.15, 0.2) is 96.8 Å². The Kier molecular flexibility index (Phi) is 10.5. The summed E-state index contributed by atoms with van der Waals surface area (Å²) in [4.78, 5) is 28.2. The van der Waals surface area contributed by atoms with Crippen LogP contribution < -0.4 is 14.2 Å². The van der Waals surface area contributed by atoms with E-state index in [2.05, 4.69) is 18.2 Å². The Morgan fingerprint density at radius 1 is 1.07 bits per heavy atom. The molecule has 4 rings (SSSR count). The second kappa shape index (κ2) is 14.6. The van der Waals surface area contributed by atoms with E-state index in [0.29, 0.717) is 30.4 Å². The molecule has 9 heteroatoms. The maximum absolute atomic E-state index is 13.0. The van der Waals surface area contributed by atoms with Crippen LogP contribution in [0.3, 0.4) is 0 Å². The van der Waals surface area contributed by atoms with Crippen LogP contribution in [0.5, 0.6) is 17.2 Å². The van der Waals surface area contributed by atoms with Gasteiger partial charge in [0.1, 0.15) is 41.9 Å². The largest absolute Gasteiger partial charge is 0.497 e. The van der Waals surface area contributed by atoms with Gasteiger partial charge in [-0.2, -0.15) is 0 Å². The van der Waals surface area contributed by atoms with Gasteiger partial charge in [-0.3, -0.25) is 4.90 Å². The number of aliphatic carboxylic acids is 1. The molecule has 2 aliphatic rings. The number of ether oxygens (including phenoxy) is 4. The summed E-state index contributed by atoms with van der Waals surface area (Å²) in [5.41, 5.74) is 2.10. The van der Waals surface area contributed by atoms with Crippen LogP contribution in [0.25, 0.3) is 0 Å². The Balaban J connectivity index is 1.32. The lowest BCUT2D eigenvalue weighted by Gasteiger charge is -2.27. The zero-order valence-corrected chi connectivity index (χ0v) is 23.4. The quantitative estimate of drug-likeness (QED) is 0.307. The molecule has 1 aliphatic heterocycles. The van der Waals surface area contributed by atoms with E-state index in [-0.39, 0.29) is 13.0 Å². The number of carbonyl (C=O) groups excluding carboxylic acids is 1. The third kappa shape index (κ3) is 8.66. The maximum atomic E-state index is 13.0. The fourth-order valence-electron chi connectivity index (χ4n) is 4.49. The average Bonchev–Trinajstić information content (AvgIpc) is 2.99. The Labute approximate surface area is 240 Å². The molecular weight excluding hydrogens is 524 g/mol. The summed E-state index contributed by atoms with van der Waals surface area (Å²) in [6.45, 7) is 2.89. The lowest BCUT2D eigenvalue weighted by molar-refractivity contribution is -0.142. The van der Waals surface area contributed by atoms with E-state index in [1.807, 2.05) is 41.6 Å². The highest BCUT2D eigenvalue weighted by Gasteiger charge is 2.30. The van der Waals surface area contributed by atoms with E-state index >= 15 is 0 Å². The molecule has 41 heavy (non-hydrogen) atoms. The third-order valence-electron chi connectivity index (χ3n) is 6.72. The summed E-state index contributed by atoms with van der Waals surface area (Å²) in [6, 6.07) is 12.7. The Hall–Kier alpha value is -4.66. The zero-order valence-electron chi connectivity index (χ0n) is 23.4. The van der Waals surface area contributed by atoms with Gasteiger partial charge in [-0.25, -0.2) is 9.59 Å². The Morgan fingerprint density at radius 3 is 2.46 bits per heavy atom. The second-order valence-electron chi connectivity index (χ2n) is 9.63. The first-order valence-electron chi connectivity index (χ1n) is 13.7. The number of carboxylic acids is 1. The number of hydrogen-bond donors (Lipinski definition) is 1. The molecule has 2 aromatic rings. The van der Waals surface area contributed by atoms with Gasteiger partial charge in [0.15, 0.2) is 0 Å². The van der Waals surface area contributed by atoms with Crippen molar-refractivity contribution in [3.63, 3.8) is 0 Å². The summed E-state index contributed by atoms with van der Waals surface area (Å²) in [7, 11) is 1.54. The molecule has 216 valence electrons. The van der Waals surface area contributed by atoms with E-state index in [4.69, 9.17) is 18.9 Å². The number of hydrogen-bond acceptors (Lipinski definition) is 7. The summed E-state index contributed by atoms with van der Waals surface area (Å²) < 4.78 is 22.2. The fourth-order valence-corrected chi connectivity index (χ4v) is 4.49. The molecule has 1 atom stereocenters. The van der Waals surface area contributed by atoms with E-state index in [1.54, 1.807) is 44.6 Å². The molecule has 0 saturated heterocycles. The minimum absolute atomic E-state index is 0.0679. The predicted octanol–water partition coefficient (Wildman–Crippen LogP) is 6.25. The molecule has 0 aromatic heterocycles. The molecule has 1 N–H and O–H groups in total. The molecule has 0 saturated carbocycles. The van der Waals surface area contributed by atoms with Gasteiger partial charge in [0, 0.05) is 25.4 Å². The number of rotatable bonds is 13. The van der Waals surface area contributed by atoms with Crippen molar-refractivity contribution in [3.8, 4) is 17.2 Å². The first-order valence-corrected chi connectivity index (χ1v) is 13.7. The lowest BCUT2D eigenvalue weighted by Crippen LogP contribution is -2.45. The standard InChI is InChI=1S/C32H36N2O7/c1-3-30(31(35)36)34(32(37)41-28-15-13-26(38-2)14-16-28)22-25-9-11-27(12-10-25)39-19-17-33-18-20-40-29(23-33)21-24-7-5-4-6-8-24/h4-5,7,9-16,18,20,23,30H,3,6,8,17,19,21-22H2,1-2H3,(H,35,36). The van der Waals surface area contributed by atoms with Crippen molar-refractivity contribution in [3.05, 3.63) is 102 Å². The maximum Gasteiger partial charge on any atom is 0.416 e. The van der Waals surface area contributed by atoms with Gasteiger partial charge in [-0.05, 0) is 61.2 Å². The van der Waals surface area contributed by atoms with Crippen LogP contribution >= 0.6 is 0 Å². The Bertz CT molecular complexity index is 1300. The van der Waals surface area contributed by atoms with Gasteiger partial charge >= 0.3 is 12.1 Å². The molecule has 1 heterocycles. The minimum Gasteiger partial charge on any atom is -0.497 e. The molecule has 1 amide bonds. The molecule has 0 fully saturated rings. The van der Waals surface area contributed by atoms with Crippen LogP contribution in [0.2, 0.25) is 0 Å². The number of carboxylic acid groups (broad SMARTS) is 1. The molecule has 9 nitrogen and oxygen atoms in total. The Morgan fingerprint density at radius 2 is 1.80 bits per heavy atom. The molecular formula is C32H36N2O7. The summed E-state index contributed by atoms with van der Waals surface area (Å²) in [5, 5.41) is 9.74. The predicted molar refractivity (Wildman–Crippen MR) is 154 cm³/mol. The molecule has 1 unspecified atom stereocenters. The number of methoxy groups -OCH3 is 1. The number of benzene rings is 2. The topological polar surface area (TPSA) is 97.8 Å². The average molecular weight is 561 g/mol. The van der Waals surface area contributed by atoms with E-state index in [9.17, 15) is 14.7 Å². The van der Waals surface area contributed by atoms with Gasteiger partial charge in [-0.1, -0.05) is 42.9 Å². The van der Waals surface area contributed by atoms with E-state index in [0.717, 1.165) is 30.6 Å². The van der Waals surface area contributed by atoms with Crippen LogP contribution in [-0.4, -0.2) is 53.3 Å². The van der Waals surface area contributed by atoms with Gasteiger partial charge in [0.05, 0.1) is 13.7 Å². The van der Waals surface area contributed by atoms with Crippen LogP contribution in [0.4, 0.5) is 4.79 Å². The number of allylic oxidation sites excluding steroid dienone is 4. The second-order valence-corrected chi connectivity index (χ2v) is 9.63. The fraction of sp³-hybridized carbons (Fsp3) is 0.312. The van der Waals surface area contributed by atoms with Crippen molar-refractivity contribution in [2.75, 3.05) is 20.3 Å². The first kappa shape index (κ1) is 29.3. The van der Waals surface area contributed by atoms with Crippen molar-refractivity contribution in [1.29, 1.82) is 0 Å². The van der Waals surface area contributed by atoms with Crippen molar-refractivity contribution in [2.45, 2.75) is 45.2 Å². The van der Waals surface area contributed by atoms with Gasteiger partial charge in [0.2, 0.25) is 0 Å². The smallest absolute Gasteiger partial charge is 0.416 e. The highest BCUT2D eigenvalue weighted by atomic mass is 16.6. The number of amides is 1. The SMILES string of the molecule is CCC(C(=O)O)N(Cc1ccc(OCCN2C=COC(CC3=CC=CCC3)=C2)cc1)C(=O)Oc1ccc(OC)cc1. The molecule has 0 spiro atoms. The number of nitrogens with zero attached hydrogens (tertiary/aromatic N) is 2. The van der Waals surface area contributed by atoms with Crippen molar-refractivity contribution in [1.82, 2.24) is 9.80 Å². The monoisotopic (exact) mass is 560 g/mol. The van der Waals surface area contributed by atoms with E-state index in [1.165, 1.54) is 10.5 Å². The normalized spacial score (nSPS) is 14.8. The van der Waals surface area contributed by atoms with Crippen LogP contribution in [-0.2, 0) is 16.1 Å². The van der Waals surface area contributed by atoms with Crippen molar-refractivity contribution < 1.29 is 33.6 Å². The van der Waals surface area contributed by atoms with Crippen molar-refractivity contribution >= 4 is 12.1 Å². The van der Waals surface area contributed by atoms with E-state index < -0.39 is 18.1 Å². The van der Waals surface area contributed by atoms with Crippen LogP contribution in [0.1, 0.15) is 38.2 Å². The lowest BCUT2D eigenvalue weighted by atomic mass is 10.0. The van der Waals surface area contributed by atoms with Gasteiger partial charge in [0.25, 0.3) is 0 Å². The van der Waals surface area contributed by atoms with Crippen molar-refractivity contribution in [2.24, 2.45) is 0 Å².